The molecule has 2 aromatic carbocycles. The van der Waals surface area contributed by atoms with Crippen molar-refractivity contribution in [3.63, 3.8) is 0 Å². The number of hydroxylamine groups is 2. The molecule has 0 aliphatic carbocycles. The van der Waals surface area contributed by atoms with E-state index < -0.39 is 24.6 Å². The number of ether oxygens (including phenoxy) is 1. The average molecular weight is 537 g/mol. The molecule has 9 heteroatoms. The smallest absolute Gasteiger partial charge is 0.409 e. The molecule has 2 aliphatic rings. The average Bonchev–Trinajstić information content (AvgIpc) is 3.67. The van der Waals surface area contributed by atoms with E-state index in [1.54, 1.807) is 9.96 Å². The summed E-state index contributed by atoms with van der Waals surface area (Å²) in [5.41, 5.74) is 1.80. The summed E-state index contributed by atoms with van der Waals surface area (Å²) >= 11 is 0. The summed E-state index contributed by atoms with van der Waals surface area (Å²) in [5, 5.41) is 7.34. The van der Waals surface area contributed by atoms with E-state index in [1.165, 1.54) is 0 Å². The Kier molecular flexibility index (Phi) is 9.24. The van der Waals surface area contributed by atoms with Crippen molar-refractivity contribution in [1.29, 1.82) is 0 Å². The molecule has 0 bridgehead atoms. The number of amides is 3. The number of nitrogens with zero attached hydrogens (tertiary/aromatic N) is 2. The van der Waals surface area contributed by atoms with Crippen LogP contribution in [-0.4, -0.2) is 52.9 Å². The van der Waals surface area contributed by atoms with Gasteiger partial charge in [0, 0.05) is 19.5 Å². The van der Waals surface area contributed by atoms with Gasteiger partial charge in [-0.15, -0.1) is 5.06 Å². The minimum absolute atomic E-state index is 0.0948. The van der Waals surface area contributed by atoms with Gasteiger partial charge in [0.05, 0.1) is 12.1 Å². The van der Waals surface area contributed by atoms with E-state index in [1.807, 2.05) is 88.4 Å². The van der Waals surface area contributed by atoms with Crippen LogP contribution in [0.3, 0.4) is 0 Å². The number of ketones is 1. The largest absolute Gasteiger partial charge is 0.425 e. The quantitative estimate of drug-likeness (QED) is 0.386. The Morgan fingerprint density at radius 2 is 1.74 bits per heavy atom. The molecule has 2 N–H and O–H groups in total. The zero-order valence-electron chi connectivity index (χ0n) is 23.3. The first-order chi connectivity index (χ1) is 18.7. The standard InChI is InChI=1S/C30H40N4O5/c1-5-6-17-24(26(35)27-34(39-27)21(2)23-15-11-8-12-16-23)32-29(37)38-25-18-30(3,4)20-33(25)28(36)31-19-22-13-9-7-10-14-22/h7-16,21,24-25,27H,5-6,17-20H2,1-4H3,(H,31,36)(H,32,37)/t21-,24+,25?,27?,34?/m1/s1. The first-order valence-electron chi connectivity index (χ1n) is 13.8. The third kappa shape index (κ3) is 7.58. The van der Waals surface area contributed by atoms with Crippen molar-refractivity contribution < 1.29 is 24.0 Å². The number of unbranched alkanes of at least 4 members (excludes halogenated alkanes) is 1. The zero-order valence-corrected chi connectivity index (χ0v) is 23.3. The highest BCUT2D eigenvalue weighted by Gasteiger charge is 2.49. The van der Waals surface area contributed by atoms with Crippen LogP contribution in [-0.2, 0) is 20.9 Å². The molecule has 2 fully saturated rings. The fourth-order valence-electron chi connectivity index (χ4n) is 5.00. The number of nitrogens with one attached hydrogen (secondary N) is 2. The van der Waals surface area contributed by atoms with Crippen LogP contribution >= 0.6 is 0 Å². The van der Waals surface area contributed by atoms with Crippen molar-refractivity contribution in [3.8, 4) is 0 Å². The molecule has 3 amide bonds. The second-order valence-corrected chi connectivity index (χ2v) is 11.1. The summed E-state index contributed by atoms with van der Waals surface area (Å²) < 4.78 is 5.75. The van der Waals surface area contributed by atoms with E-state index in [2.05, 4.69) is 10.6 Å². The number of benzene rings is 2. The summed E-state index contributed by atoms with van der Waals surface area (Å²) in [5.74, 6) is -0.201. The second kappa shape index (κ2) is 12.6. The van der Waals surface area contributed by atoms with Gasteiger partial charge < -0.3 is 15.4 Å². The summed E-state index contributed by atoms with van der Waals surface area (Å²) in [6.07, 6.45) is 0.467. The first kappa shape index (κ1) is 28.6. The Morgan fingerprint density at radius 3 is 2.41 bits per heavy atom. The summed E-state index contributed by atoms with van der Waals surface area (Å²) in [6, 6.07) is 18.3. The lowest BCUT2D eigenvalue weighted by atomic mass is 9.93. The number of rotatable bonds is 11. The van der Waals surface area contributed by atoms with Crippen molar-refractivity contribution >= 4 is 17.9 Å². The number of hydrogen-bond donors (Lipinski definition) is 2. The molecule has 4 rings (SSSR count). The maximum absolute atomic E-state index is 13.3. The minimum atomic E-state index is -0.745. The number of carbonyl (C=O) groups excluding carboxylic acids is 3. The molecule has 9 nitrogen and oxygen atoms in total. The monoisotopic (exact) mass is 536 g/mol. The van der Waals surface area contributed by atoms with E-state index in [4.69, 9.17) is 9.57 Å². The van der Waals surface area contributed by atoms with Crippen LogP contribution in [0.5, 0.6) is 0 Å². The van der Waals surface area contributed by atoms with Crippen molar-refractivity contribution in [2.45, 2.75) is 84.5 Å². The fraction of sp³-hybridized carbons (Fsp3) is 0.500. The van der Waals surface area contributed by atoms with Gasteiger partial charge >= 0.3 is 12.1 Å². The lowest BCUT2D eigenvalue weighted by Gasteiger charge is -2.26. The third-order valence-electron chi connectivity index (χ3n) is 7.26. The van der Waals surface area contributed by atoms with Crippen molar-refractivity contribution in [1.82, 2.24) is 20.6 Å². The van der Waals surface area contributed by atoms with Crippen molar-refractivity contribution in [3.05, 3.63) is 71.8 Å². The van der Waals surface area contributed by atoms with E-state index in [0.717, 1.165) is 24.0 Å². The minimum Gasteiger partial charge on any atom is -0.425 e. The third-order valence-corrected chi connectivity index (χ3v) is 7.26. The molecule has 2 aliphatic heterocycles. The highest BCUT2D eigenvalue weighted by Crippen LogP contribution is 2.36. The Hall–Kier alpha value is -3.43. The van der Waals surface area contributed by atoms with E-state index in [-0.39, 0.29) is 23.3 Å². The maximum Gasteiger partial charge on any atom is 0.409 e. The number of Topliss-reactive ketones (excluding diaryl/α,β-unsaturated/α-hetero) is 1. The van der Waals surface area contributed by atoms with Crippen molar-refractivity contribution in [2.24, 2.45) is 5.41 Å². The van der Waals surface area contributed by atoms with Gasteiger partial charge in [-0.3, -0.25) is 14.5 Å². The lowest BCUT2D eigenvalue weighted by Crippen LogP contribution is -2.48. The van der Waals surface area contributed by atoms with Gasteiger partial charge in [-0.05, 0) is 29.9 Å². The second-order valence-electron chi connectivity index (χ2n) is 11.1. The molecule has 2 saturated heterocycles. The van der Waals surface area contributed by atoms with E-state index in [9.17, 15) is 14.4 Å². The molecule has 0 spiro atoms. The van der Waals surface area contributed by atoms with E-state index >= 15 is 0 Å². The van der Waals surface area contributed by atoms with Crippen molar-refractivity contribution in [2.75, 3.05) is 6.54 Å². The summed E-state index contributed by atoms with van der Waals surface area (Å²) in [6.45, 7) is 8.90. The number of hydrogen-bond acceptors (Lipinski definition) is 6. The van der Waals surface area contributed by atoms with Gasteiger partial charge in [-0.25, -0.2) is 9.59 Å². The molecule has 39 heavy (non-hydrogen) atoms. The van der Waals surface area contributed by atoms with Crippen LogP contribution in [0.2, 0.25) is 0 Å². The highest BCUT2D eigenvalue weighted by molar-refractivity contribution is 5.91. The van der Waals surface area contributed by atoms with Gasteiger partial charge in [-0.1, -0.05) is 94.3 Å². The SMILES string of the molecule is CCCC[C@H](NC(=O)OC1CC(C)(C)CN1C(=O)NCc1ccccc1)C(=O)C1ON1[C@H](C)c1ccccc1. The normalized spacial score (nSPS) is 23.0. The molecule has 210 valence electrons. The zero-order chi connectivity index (χ0) is 28.0. The fourth-order valence-corrected chi connectivity index (χ4v) is 5.00. The van der Waals surface area contributed by atoms with Crippen LogP contribution in [0.1, 0.15) is 70.5 Å². The van der Waals surface area contributed by atoms with Crippen LogP contribution in [0.15, 0.2) is 60.7 Å². The van der Waals surface area contributed by atoms with Crippen LogP contribution in [0.25, 0.3) is 0 Å². The number of carbonyl (C=O) groups is 3. The summed E-state index contributed by atoms with van der Waals surface area (Å²) in [4.78, 5) is 46.5. The number of urea groups is 1. The molecule has 3 unspecified atom stereocenters. The number of alkyl carbamates (subject to hydrolysis) is 1. The Bertz CT molecular complexity index is 1130. The Morgan fingerprint density at radius 1 is 1.08 bits per heavy atom. The first-order valence-corrected chi connectivity index (χ1v) is 13.8. The summed E-state index contributed by atoms with van der Waals surface area (Å²) in [7, 11) is 0. The van der Waals surface area contributed by atoms with Crippen LogP contribution < -0.4 is 10.6 Å². The Labute approximate surface area is 230 Å². The van der Waals surface area contributed by atoms with Gasteiger partial charge in [-0.2, -0.15) is 0 Å². The number of likely N-dealkylation sites (tertiary alicyclic amines) is 1. The molecule has 2 heterocycles. The van der Waals surface area contributed by atoms with Gasteiger partial charge in [0.25, 0.3) is 0 Å². The van der Waals surface area contributed by atoms with Gasteiger partial charge in [0.1, 0.15) is 0 Å². The molecule has 0 aromatic heterocycles. The predicted molar refractivity (Wildman–Crippen MR) is 147 cm³/mol. The lowest BCUT2D eigenvalue weighted by molar-refractivity contribution is -0.122. The maximum atomic E-state index is 13.3. The molecular formula is C30H40N4O5. The molecule has 0 saturated carbocycles. The van der Waals surface area contributed by atoms with E-state index in [0.29, 0.717) is 25.9 Å². The predicted octanol–water partition coefficient (Wildman–Crippen LogP) is 5.14. The topological polar surface area (TPSA) is 103 Å². The van der Waals surface area contributed by atoms with Gasteiger partial charge in [0.15, 0.2) is 6.23 Å². The molecule has 2 aromatic rings. The molecule has 0 radical (unpaired) electrons. The highest BCUT2D eigenvalue weighted by atomic mass is 16.8. The molecule has 5 atom stereocenters. The van der Waals surface area contributed by atoms with Gasteiger partial charge in [0.2, 0.25) is 12.0 Å². The van der Waals surface area contributed by atoms with Crippen LogP contribution in [0.4, 0.5) is 9.59 Å². The molecular weight excluding hydrogens is 496 g/mol. The Balaban J connectivity index is 1.35. The van der Waals surface area contributed by atoms with Crippen LogP contribution in [0, 0.1) is 5.41 Å².